The predicted octanol–water partition coefficient (Wildman–Crippen LogP) is 3.71. The number of hydrogen-bond donors (Lipinski definition) is 2. The van der Waals surface area contributed by atoms with Crippen molar-refractivity contribution in [1.29, 1.82) is 0 Å². The number of carbonyl (C=O) groups is 1. The molecular weight excluding hydrogens is 304 g/mol. The van der Waals surface area contributed by atoms with Crippen LogP contribution in [-0.2, 0) is 11.2 Å². The molecule has 0 radical (unpaired) electrons. The maximum Gasteiger partial charge on any atom is 0.246 e. The molecule has 0 aliphatic rings. The molecule has 0 saturated carbocycles. The lowest BCUT2D eigenvalue weighted by molar-refractivity contribution is -0.116. The Kier molecular flexibility index (Phi) is 6.07. The standard InChI is InChI=1S/C19H24N2O3/c1-5-14-7-6-8-15(9-14)20-13(2)19(22)21-16-10-17(23-3)12-18(11-16)24-4/h6-13,20H,5H2,1-4H3,(H,21,22). The van der Waals surface area contributed by atoms with Crippen LogP contribution in [0.15, 0.2) is 42.5 Å². The van der Waals surface area contributed by atoms with Gasteiger partial charge in [-0.25, -0.2) is 0 Å². The van der Waals surface area contributed by atoms with E-state index in [0.717, 1.165) is 12.1 Å². The first-order valence-electron chi connectivity index (χ1n) is 7.95. The van der Waals surface area contributed by atoms with Gasteiger partial charge in [-0.1, -0.05) is 19.1 Å². The highest BCUT2D eigenvalue weighted by atomic mass is 16.5. The highest BCUT2D eigenvalue weighted by molar-refractivity contribution is 5.96. The fraction of sp³-hybridized carbons (Fsp3) is 0.316. The van der Waals surface area contributed by atoms with Crippen molar-refractivity contribution in [1.82, 2.24) is 0 Å². The molecule has 1 amide bonds. The average Bonchev–Trinajstić information content (AvgIpc) is 2.61. The maximum absolute atomic E-state index is 12.4. The predicted molar refractivity (Wildman–Crippen MR) is 97.1 cm³/mol. The highest BCUT2D eigenvalue weighted by Crippen LogP contribution is 2.26. The van der Waals surface area contributed by atoms with Crippen LogP contribution in [0.2, 0.25) is 0 Å². The zero-order chi connectivity index (χ0) is 17.5. The summed E-state index contributed by atoms with van der Waals surface area (Å²) in [6.45, 7) is 3.93. The minimum absolute atomic E-state index is 0.132. The molecule has 0 spiro atoms. The molecule has 2 aromatic carbocycles. The second-order valence-corrected chi connectivity index (χ2v) is 5.51. The third kappa shape index (κ3) is 4.65. The molecule has 2 rings (SSSR count). The van der Waals surface area contributed by atoms with Crippen LogP contribution < -0.4 is 20.1 Å². The van der Waals surface area contributed by atoms with Gasteiger partial charge in [0.25, 0.3) is 0 Å². The number of benzene rings is 2. The average molecular weight is 328 g/mol. The van der Waals surface area contributed by atoms with Gasteiger partial charge in [0, 0.05) is 29.6 Å². The lowest BCUT2D eigenvalue weighted by Crippen LogP contribution is -2.31. The van der Waals surface area contributed by atoms with Crippen molar-refractivity contribution in [3.05, 3.63) is 48.0 Å². The van der Waals surface area contributed by atoms with Crippen molar-refractivity contribution in [2.75, 3.05) is 24.9 Å². The number of amides is 1. The molecule has 0 heterocycles. The molecule has 0 aliphatic carbocycles. The van der Waals surface area contributed by atoms with Crippen LogP contribution in [-0.4, -0.2) is 26.2 Å². The van der Waals surface area contributed by atoms with Gasteiger partial charge in [-0.3, -0.25) is 4.79 Å². The Bertz CT molecular complexity index is 679. The number of aryl methyl sites for hydroxylation is 1. The molecule has 0 fully saturated rings. The normalized spacial score (nSPS) is 11.5. The number of ether oxygens (including phenoxy) is 2. The van der Waals surface area contributed by atoms with Gasteiger partial charge in [-0.05, 0) is 31.0 Å². The van der Waals surface area contributed by atoms with Crippen molar-refractivity contribution in [2.24, 2.45) is 0 Å². The van der Waals surface area contributed by atoms with Crippen LogP contribution >= 0.6 is 0 Å². The Morgan fingerprint density at radius 3 is 2.29 bits per heavy atom. The largest absolute Gasteiger partial charge is 0.497 e. The summed E-state index contributed by atoms with van der Waals surface area (Å²) in [5, 5.41) is 6.10. The number of nitrogens with one attached hydrogen (secondary N) is 2. The summed E-state index contributed by atoms with van der Waals surface area (Å²) in [4.78, 5) is 12.4. The lowest BCUT2D eigenvalue weighted by Gasteiger charge is -2.16. The van der Waals surface area contributed by atoms with Gasteiger partial charge in [-0.2, -0.15) is 0 Å². The van der Waals surface area contributed by atoms with Crippen LogP contribution in [0.5, 0.6) is 11.5 Å². The summed E-state index contributed by atoms with van der Waals surface area (Å²) in [6, 6.07) is 12.9. The molecule has 0 aliphatic heterocycles. The zero-order valence-corrected chi connectivity index (χ0v) is 14.6. The summed E-state index contributed by atoms with van der Waals surface area (Å²) in [5.41, 5.74) is 2.79. The Hall–Kier alpha value is -2.69. The van der Waals surface area contributed by atoms with Crippen LogP contribution in [0, 0.1) is 0 Å². The van der Waals surface area contributed by atoms with Crippen molar-refractivity contribution < 1.29 is 14.3 Å². The van der Waals surface area contributed by atoms with Crippen LogP contribution in [0.4, 0.5) is 11.4 Å². The Balaban J connectivity index is 2.05. The van der Waals surface area contributed by atoms with Crippen LogP contribution in [0.25, 0.3) is 0 Å². The third-order valence-corrected chi connectivity index (χ3v) is 3.73. The molecule has 0 aromatic heterocycles. The van der Waals surface area contributed by atoms with Gasteiger partial charge in [-0.15, -0.1) is 0 Å². The Morgan fingerprint density at radius 2 is 1.71 bits per heavy atom. The van der Waals surface area contributed by atoms with E-state index in [1.54, 1.807) is 32.4 Å². The van der Waals surface area contributed by atoms with Crippen LogP contribution in [0.3, 0.4) is 0 Å². The van der Waals surface area contributed by atoms with E-state index in [1.165, 1.54) is 5.56 Å². The van der Waals surface area contributed by atoms with Gasteiger partial charge >= 0.3 is 0 Å². The molecule has 2 aromatic rings. The van der Waals surface area contributed by atoms with E-state index in [0.29, 0.717) is 17.2 Å². The fourth-order valence-corrected chi connectivity index (χ4v) is 2.33. The molecule has 0 bridgehead atoms. The summed E-state index contributed by atoms with van der Waals surface area (Å²) < 4.78 is 10.4. The van der Waals surface area contributed by atoms with Gasteiger partial charge in [0.1, 0.15) is 17.5 Å². The molecule has 128 valence electrons. The summed E-state index contributed by atoms with van der Waals surface area (Å²) >= 11 is 0. The molecular formula is C19H24N2O3. The van der Waals surface area contributed by atoms with Crippen molar-refractivity contribution in [3.8, 4) is 11.5 Å². The second-order valence-electron chi connectivity index (χ2n) is 5.51. The van der Waals surface area contributed by atoms with E-state index in [-0.39, 0.29) is 11.9 Å². The highest BCUT2D eigenvalue weighted by Gasteiger charge is 2.14. The lowest BCUT2D eigenvalue weighted by atomic mass is 10.1. The van der Waals surface area contributed by atoms with Gasteiger partial charge in [0.2, 0.25) is 5.91 Å². The SMILES string of the molecule is CCc1cccc(NC(C)C(=O)Nc2cc(OC)cc(OC)c2)c1. The van der Waals surface area contributed by atoms with Crippen molar-refractivity contribution in [2.45, 2.75) is 26.3 Å². The van der Waals surface area contributed by atoms with Gasteiger partial charge < -0.3 is 20.1 Å². The first kappa shape index (κ1) is 17.7. The second kappa shape index (κ2) is 8.24. The summed E-state index contributed by atoms with van der Waals surface area (Å²) in [6.07, 6.45) is 0.958. The molecule has 5 heteroatoms. The summed E-state index contributed by atoms with van der Waals surface area (Å²) in [7, 11) is 3.15. The number of methoxy groups -OCH3 is 2. The number of anilines is 2. The van der Waals surface area contributed by atoms with Crippen LogP contribution in [0.1, 0.15) is 19.4 Å². The topological polar surface area (TPSA) is 59.6 Å². The smallest absolute Gasteiger partial charge is 0.246 e. The quantitative estimate of drug-likeness (QED) is 0.813. The number of hydrogen-bond acceptors (Lipinski definition) is 4. The van der Waals surface area contributed by atoms with E-state index in [9.17, 15) is 4.79 Å². The van der Waals surface area contributed by atoms with Gasteiger partial charge in [0.05, 0.1) is 14.2 Å². The van der Waals surface area contributed by atoms with E-state index in [4.69, 9.17) is 9.47 Å². The Morgan fingerprint density at radius 1 is 1.04 bits per heavy atom. The first-order valence-corrected chi connectivity index (χ1v) is 7.95. The third-order valence-electron chi connectivity index (χ3n) is 3.73. The van der Waals surface area contributed by atoms with E-state index in [1.807, 2.05) is 19.1 Å². The van der Waals surface area contributed by atoms with Gasteiger partial charge in [0.15, 0.2) is 0 Å². The van der Waals surface area contributed by atoms with Crippen molar-refractivity contribution >= 4 is 17.3 Å². The summed E-state index contributed by atoms with van der Waals surface area (Å²) in [5.74, 6) is 1.12. The molecule has 0 saturated heterocycles. The van der Waals surface area contributed by atoms with Crippen molar-refractivity contribution in [3.63, 3.8) is 0 Å². The van der Waals surface area contributed by atoms with E-state index >= 15 is 0 Å². The molecule has 2 N–H and O–H groups in total. The molecule has 5 nitrogen and oxygen atoms in total. The molecule has 1 unspecified atom stereocenters. The number of rotatable bonds is 7. The Labute approximate surface area is 143 Å². The van der Waals surface area contributed by atoms with E-state index < -0.39 is 0 Å². The monoisotopic (exact) mass is 328 g/mol. The minimum Gasteiger partial charge on any atom is -0.497 e. The zero-order valence-electron chi connectivity index (χ0n) is 14.6. The molecule has 24 heavy (non-hydrogen) atoms. The fourth-order valence-electron chi connectivity index (χ4n) is 2.33. The first-order chi connectivity index (χ1) is 11.5. The minimum atomic E-state index is -0.380. The number of carbonyl (C=O) groups excluding carboxylic acids is 1. The maximum atomic E-state index is 12.4. The van der Waals surface area contributed by atoms with E-state index in [2.05, 4.69) is 29.7 Å². The molecule has 1 atom stereocenters.